The highest BCUT2D eigenvalue weighted by Gasteiger charge is 2.13. The number of benzene rings is 1. The molecule has 0 saturated carbocycles. The molecule has 0 spiro atoms. The van der Waals surface area contributed by atoms with Crippen LogP contribution in [0.1, 0.15) is 37.4 Å². The fraction of sp³-hybridized carbons (Fsp3) is 0.625. The summed E-state index contributed by atoms with van der Waals surface area (Å²) in [4.78, 5) is 2.10. The smallest absolute Gasteiger partial charge is 0.126 e. The molecule has 2 N–H and O–H groups in total. The number of aliphatic hydroxyl groups excluding tert-OH is 1. The van der Waals surface area contributed by atoms with Crippen molar-refractivity contribution in [3.8, 4) is 0 Å². The fourth-order valence-electron chi connectivity index (χ4n) is 2.35. The van der Waals surface area contributed by atoms with E-state index in [1.165, 1.54) is 0 Å². The zero-order valence-corrected chi connectivity index (χ0v) is 13.0. The third-order valence-corrected chi connectivity index (χ3v) is 3.42. The molecular formula is C16H27FN2O. The Kier molecular flexibility index (Phi) is 7.13. The van der Waals surface area contributed by atoms with Gasteiger partial charge in [-0.3, -0.25) is 0 Å². The number of halogens is 1. The minimum absolute atomic E-state index is 0.145. The molecule has 0 aliphatic carbocycles. The molecule has 0 amide bonds. The summed E-state index contributed by atoms with van der Waals surface area (Å²) < 4.78 is 13.7. The molecule has 1 aromatic rings. The van der Waals surface area contributed by atoms with Gasteiger partial charge in [-0.2, -0.15) is 0 Å². The Hall–Kier alpha value is -0.970. The topological polar surface area (TPSA) is 35.5 Å². The van der Waals surface area contributed by atoms with E-state index >= 15 is 0 Å². The first-order valence-electron chi connectivity index (χ1n) is 7.30. The first-order valence-corrected chi connectivity index (χ1v) is 7.30. The van der Waals surface area contributed by atoms with Gasteiger partial charge in [0.25, 0.3) is 0 Å². The molecule has 0 fully saturated rings. The Morgan fingerprint density at radius 1 is 1.40 bits per heavy atom. The van der Waals surface area contributed by atoms with Gasteiger partial charge in [-0.05, 0) is 57.6 Å². The maximum atomic E-state index is 13.7. The SMILES string of the molecule is CCNC(CCN(C)CC(C)O)c1ccc(C)c(F)c1. The van der Waals surface area contributed by atoms with Crippen molar-refractivity contribution >= 4 is 0 Å². The summed E-state index contributed by atoms with van der Waals surface area (Å²) in [5.74, 6) is -0.150. The van der Waals surface area contributed by atoms with Crippen molar-refractivity contribution < 1.29 is 9.50 Å². The van der Waals surface area contributed by atoms with E-state index in [1.807, 2.05) is 19.2 Å². The van der Waals surface area contributed by atoms with Crippen LogP contribution in [0.15, 0.2) is 18.2 Å². The molecular weight excluding hydrogens is 255 g/mol. The zero-order chi connectivity index (χ0) is 15.1. The molecule has 0 radical (unpaired) electrons. The first-order chi connectivity index (χ1) is 9.43. The molecule has 0 aliphatic rings. The predicted molar refractivity (Wildman–Crippen MR) is 81.3 cm³/mol. The molecule has 20 heavy (non-hydrogen) atoms. The van der Waals surface area contributed by atoms with Gasteiger partial charge >= 0.3 is 0 Å². The summed E-state index contributed by atoms with van der Waals surface area (Å²) in [7, 11) is 1.99. The number of nitrogens with one attached hydrogen (secondary N) is 1. The summed E-state index contributed by atoms with van der Waals surface area (Å²) >= 11 is 0. The molecule has 3 nitrogen and oxygen atoms in total. The Balaban J connectivity index is 2.66. The minimum atomic E-state index is -0.325. The van der Waals surface area contributed by atoms with E-state index < -0.39 is 0 Å². The second kappa shape index (κ2) is 8.35. The molecule has 1 aromatic carbocycles. The summed E-state index contributed by atoms with van der Waals surface area (Å²) in [5, 5.41) is 12.8. The van der Waals surface area contributed by atoms with Gasteiger partial charge in [-0.1, -0.05) is 19.1 Å². The van der Waals surface area contributed by atoms with Crippen molar-refractivity contribution in [2.24, 2.45) is 0 Å². The van der Waals surface area contributed by atoms with E-state index in [2.05, 4.69) is 17.1 Å². The Morgan fingerprint density at radius 3 is 2.65 bits per heavy atom. The number of hydrogen-bond donors (Lipinski definition) is 2. The largest absolute Gasteiger partial charge is 0.392 e. The van der Waals surface area contributed by atoms with Gasteiger partial charge in [-0.25, -0.2) is 4.39 Å². The van der Waals surface area contributed by atoms with Gasteiger partial charge in [0.05, 0.1) is 6.10 Å². The number of rotatable bonds is 8. The van der Waals surface area contributed by atoms with Crippen LogP contribution in [0.3, 0.4) is 0 Å². The molecule has 2 atom stereocenters. The van der Waals surface area contributed by atoms with E-state index in [-0.39, 0.29) is 18.0 Å². The van der Waals surface area contributed by atoms with Crippen LogP contribution in [-0.2, 0) is 0 Å². The lowest BCUT2D eigenvalue weighted by molar-refractivity contribution is 0.139. The van der Waals surface area contributed by atoms with Crippen molar-refractivity contribution in [2.75, 3.05) is 26.7 Å². The highest BCUT2D eigenvalue weighted by Crippen LogP contribution is 2.20. The van der Waals surface area contributed by atoms with Crippen LogP contribution in [0.4, 0.5) is 4.39 Å². The molecule has 0 aromatic heterocycles. The average Bonchev–Trinajstić information content (AvgIpc) is 2.37. The van der Waals surface area contributed by atoms with E-state index in [9.17, 15) is 9.50 Å². The van der Waals surface area contributed by atoms with Crippen molar-refractivity contribution in [1.82, 2.24) is 10.2 Å². The monoisotopic (exact) mass is 282 g/mol. The standard InChI is InChI=1S/C16H27FN2O/c1-5-18-16(8-9-19(4)11-13(3)20)14-7-6-12(2)15(17)10-14/h6-7,10,13,16,18,20H,5,8-9,11H2,1-4H3. The van der Waals surface area contributed by atoms with Crippen molar-refractivity contribution in [3.63, 3.8) is 0 Å². The summed E-state index contributed by atoms with van der Waals surface area (Å²) in [6, 6.07) is 5.58. The van der Waals surface area contributed by atoms with Crippen LogP contribution in [0.25, 0.3) is 0 Å². The molecule has 0 heterocycles. The number of aryl methyl sites for hydroxylation is 1. The average molecular weight is 282 g/mol. The molecule has 1 rings (SSSR count). The lowest BCUT2D eigenvalue weighted by Crippen LogP contribution is -2.31. The minimum Gasteiger partial charge on any atom is -0.392 e. The summed E-state index contributed by atoms with van der Waals surface area (Å²) in [6.07, 6.45) is 0.564. The van der Waals surface area contributed by atoms with Gasteiger partial charge in [0.15, 0.2) is 0 Å². The summed E-state index contributed by atoms with van der Waals surface area (Å²) in [5.41, 5.74) is 1.66. The normalized spacial score (nSPS) is 14.6. The Bertz CT molecular complexity index is 409. The third-order valence-electron chi connectivity index (χ3n) is 3.42. The molecule has 0 saturated heterocycles. The van der Waals surface area contributed by atoms with Crippen LogP contribution in [0, 0.1) is 12.7 Å². The van der Waals surface area contributed by atoms with E-state index in [0.29, 0.717) is 12.1 Å². The van der Waals surface area contributed by atoms with Gasteiger partial charge in [-0.15, -0.1) is 0 Å². The maximum Gasteiger partial charge on any atom is 0.126 e. The van der Waals surface area contributed by atoms with Gasteiger partial charge in [0.1, 0.15) is 5.82 Å². The molecule has 4 heteroatoms. The first kappa shape index (κ1) is 17.1. The van der Waals surface area contributed by atoms with E-state index in [4.69, 9.17) is 0 Å². The van der Waals surface area contributed by atoms with Crippen molar-refractivity contribution in [2.45, 2.75) is 39.3 Å². The fourth-order valence-corrected chi connectivity index (χ4v) is 2.35. The predicted octanol–water partition coefficient (Wildman–Crippen LogP) is 2.49. The molecule has 2 unspecified atom stereocenters. The van der Waals surface area contributed by atoms with Gasteiger partial charge in [0, 0.05) is 12.6 Å². The third kappa shape index (κ3) is 5.57. The van der Waals surface area contributed by atoms with E-state index in [0.717, 1.165) is 25.1 Å². The van der Waals surface area contributed by atoms with Crippen LogP contribution in [0.2, 0.25) is 0 Å². The Labute approximate surface area is 121 Å². The molecule has 114 valence electrons. The van der Waals surface area contributed by atoms with Gasteiger partial charge < -0.3 is 15.3 Å². The number of nitrogens with zero attached hydrogens (tertiary/aromatic N) is 1. The quantitative estimate of drug-likeness (QED) is 0.769. The molecule has 0 bridgehead atoms. The van der Waals surface area contributed by atoms with Crippen LogP contribution < -0.4 is 5.32 Å². The van der Waals surface area contributed by atoms with Crippen LogP contribution in [-0.4, -0.2) is 42.8 Å². The zero-order valence-electron chi connectivity index (χ0n) is 13.0. The second-order valence-corrected chi connectivity index (χ2v) is 5.52. The Morgan fingerprint density at radius 2 is 2.10 bits per heavy atom. The number of aliphatic hydroxyl groups is 1. The molecule has 0 aliphatic heterocycles. The van der Waals surface area contributed by atoms with Crippen molar-refractivity contribution in [3.05, 3.63) is 35.1 Å². The lowest BCUT2D eigenvalue weighted by atomic mass is 10.0. The number of likely N-dealkylation sites (N-methyl/N-ethyl adjacent to an activating group) is 1. The van der Waals surface area contributed by atoms with Crippen molar-refractivity contribution in [1.29, 1.82) is 0 Å². The second-order valence-electron chi connectivity index (χ2n) is 5.52. The van der Waals surface area contributed by atoms with E-state index in [1.54, 1.807) is 19.9 Å². The highest BCUT2D eigenvalue weighted by molar-refractivity contribution is 5.25. The lowest BCUT2D eigenvalue weighted by Gasteiger charge is -2.23. The highest BCUT2D eigenvalue weighted by atomic mass is 19.1. The maximum absolute atomic E-state index is 13.7. The summed E-state index contributed by atoms with van der Waals surface area (Å²) in [6.45, 7) is 7.97. The van der Waals surface area contributed by atoms with Crippen LogP contribution in [0.5, 0.6) is 0 Å². The van der Waals surface area contributed by atoms with Gasteiger partial charge in [0.2, 0.25) is 0 Å². The van der Waals surface area contributed by atoms with Crippen LogP contribution >= 0.6 is 0 Å². The number of hydrogen-bond acceptors (Lipinski definition) is 3.